The third-order valence-corrected chi connectivity index (χ3v) is 6.83. The van der Waals surface area contributed by atoms with Gasteiger partial charge in [-0.2, -0.15) is 0 Å². The van der Waals surface area contributed by atoms with E-state index in [1.54, 1.807) is 6.07 Å². The fourth-order valence-electron chi connectivity index (χ4n) is 5.07. The van der Waals surface area contributed by atoms with Crippen LogP contribution in [0.3, 0.4) is 0 Å². The van der Waals surface area contributed by atoms with Gasteiger partial charge in [0.15, 0.2) is 0 Å². The lowest BCUT2D eigenvalue weighted by atomic mass is 9.96. The van der Waals surface area contributed by atoms with Crippen molar-refractivity contribution in [3.63, 3.8) is 0 Å². The molecule has 1 N–H and O–H groups in total. The summed E-state index contributed by atoms with van der Waals surface area (Å²) in [6, 6.07) is 18.4. The Hall–Kier alpha value is -2.94. The SMILES string of the molecule is CCc1cccc(OC(C)Cc2cccc(O)c2CC(C)Oc2cccc(CC)c2CC)c1CC. The summed E-state index contributed by atoms with van der Waals surface area (Å²) in [5.41, 5.74) is 7.31. The van der Waals surface area contributed by atoms with E-state index in [4.69, 9.17) is 9.47 Å². The van der Waals surface area contributed by atoms with Crippen molar-refractivity contribution in [2.75, 3.05) is 0 Å². The van der Waals surface area contributed by atoms with Crippen LogP contribution in [0.15, 0.2) is 54.6 Å². The average molecular weight is 475 g/mol. The molecule has 3 heteroatoms. The Morgan fingerprint density at radius 2 is 1.03 bits per heavy atom. The molecule has 0 aliphatic carbocycles. The first kappa shape index (κ1) is 26.7. The van der Waals surface area contributed by atoms with Crippen LogP contribution in [-0.4, -0.2) is 17.3 Å². The Kier molecular flexibility index (Phi) is 9.65. The molecule has 35 heavy (non-hydrogen) atoms. The highest BCUT2D eigenvalue weighted by molar-refractivity contribution is 5.43. The van der Waals surface area contributed by atoms with Crippen LogP contribution < -0.4 is 9.47 Å². The molecule has 2 atom stereocenters. The van der Waals surface area contributed by atoms with E-state index < -0.39 is 0 Å². The zero-order chi connectivity index (χ0) is 25.4. The van der Waals surface area contributed by atoms with Crippen molar-refractivity contribution in [3.05, 3.63) is 88.0 Å². The largest absolute Gasteiger partial charge is 0.508 e. The van der Waals surface area contributed by atoms with Gasteiger partial charge < -0.3 is 14.6 Å². The molecule has 0 aliphatic heterocycles. The van der Waals surface area contributed by atoms with Crippen LogP contribution in [0, 0.1) is 0 Å². The van der Waals surface area contributed by atoms with Gasteiger partial charge in [-0.25, -0.2) is 0 Å². The first-order valence-corrected chi connectivity index (χ1v) is 13.3. The predicted octanol–water partition coefficient (Wildman–Crippen LogP) is 7.66. The number of phenolic OH excluding ortho intramolecular Hbond substituents is 1. The normalized spacial score (nSPS) is 12.9. The predicted molar refractivity (Wildman–Crippen MR) is 146 cm³/mol. The summed E-state index contributed by atoms with van der Waals surface area (Å²) < 4.78 is 12.8. The van der Waals surface area contributed by atoms with E-state index in [1.165, 1.54) is 22.3 Å². The molecular weight excluding hydrogens is 432 g/mol. The lowest BCUT2D eigenvalue weighted by molar-refractivity contribution is 0.212. The Morgan fingerprint density at radius 1 is 0.571 bits per heavy atom. The second-order valence-corrected chi connectivity index (χ2v) is 9.38. The summed E-state index contributed by atoms with van der Waals surface area (Å²) in [4.78, 5) is 0. The summed E-state index contributed by atoms with van der Waals surface area (Å²) in [6.45, 7) is 12.9. The fourth-order valence-corrected chi connectivity index (χ4v) is 5.07. The zero-order valence-corrected chi connectivity index (χ0v) is 22.4. The van der Waals surface area contributed by atoms with Crippen LogP contribution in [0.1, 0.15) is 74.9 Å². The van der Waals surface area contributed by atoms with E-state index in [2.05, 4.69) is 84.0 Å². The second kappa shape index (κ2) is 12.7. The van der Waals surface area contributed by atoms with Gasteiger partial charge >= 0.3 is 0 Å². The number of hydrogen-bond acceptors (Lipinski definition) is 3. The molecule has 0 amide bonds. The topological polar surface area (TPSA) is 38.7 Å². The maximum atomic E-state index is 10.7. The molecule has 0 aliphatic rings. The van der Waals surface area contributed by atoms with Crippen molar-refractivity contribution in [3.8, 4) is 17.2 Å². The second-order valence-electron chi connectivity index (χ2n) is 9.38. The summed E-state index contributed by atoms with van der Waals surface area (Å²) in [6.07, 6.45) is 5.18. The molecule has 0 saturated heterocycles. The minimum Gasteiger partial charge on any atom is -0.508 e. The smallest absolute Gasteiger partial charge is 0.123 e. The Balaban J connectivity index is 1.76. The molecular formula is C32H42O3. The maximum absolute atomic E-state index is 10.7. The Bertz CT molecular complexity index is 1100. The van der Waals surface area contributed by atoms with Crippen LogP contribution in [0.5, 0.6) is 17.2 Å². The third-order valence-electron chi connectivity index (χ3n) is 6.83. The average Bonchev–Trinajstić information content (AvgIpc) is 2.85. The standard InChI is InChI=1S/C32H42O3/c1-7-24-14-12-18-31(27(24)9-3)34-22(5)20-26-16-11-17-30(33)29(26)21-23(6)35-32-19-13-15-25(8-2)28(32)10-4/h11-19,22-23,33H,7-10,20-21H2,1-6H3. The quantitative estimate of drug-likeness (QED) is 0.293. The van der Waals surface area contributed by atoms with E-state index in [0.29, 0.717) is 12.2 Å². The van der Waals surface area contributed by atoms with Crippen LogP contribution in [0.4, 0.5) is 0 Å². The molecule has 3 nitrogen and oxygen atoms in total. The van der Waals surface area contributed by atoms with Gasteiger partial charge in [-0.05, 0) is 85.5 Å². The number of benzene rings is 3. The van der Waals surface area contributed by atoms with Crippen LogP contribution >= 0.6 is 0 Å². The number of aryl methyl sites for hydroxylation is 2. The molecule has 0 heterocycles. The minimum atomic E-state index is -0.0661. The van der Waals surface area contributed by atoms with E-state index >= 15 is 0 Å². The lowest BCUT2D eigenvalue weighted by Gasteiger charge is -2.23. The molecule has 3 aromatic rings. The lowest BCUT2D eigenvalue weighted by Crippen LogP contribution is -2.20. The van der Waals surface area contributed by atoms with Crippen LogP contribution in [-0.2, 0) is 38.5 Å². The van der Waals surface area contributed by atoms with Crippen LogP contribution in [0.2, 0.25) is 0 Å². The van der Waals surface area contributed by atoms with Gasteiger partial charge in [0.1, 0.15) is 23.4 Å². The molecule has 0 fully saturated rings. The van der Waals surface area contributed by atoms with Gasteiger partial charge in [-0.15, -0.1) is 0 Å². The number of phenols is 1. The first-order chi connectivity index (χ1) is 16.9. The zero-order valence-electron chi connectivity index (χ0n) is 22.4. The van der Waals surface area contributed by atoms with Gasteiger partial charge in [-0.3, -0.25) is 0 Å². The van der Waals surface area contributed by atoms with Crippen molar-refractivity contribution in [1.82, 2.24) is 0 Å². The number of rotatable bonds is 12. The van der Waals surface area contributed by atoms with Crippen molar-refractivity contribution in [2.24, 2.45) is 0 Å². The van der Waals surface area contributed by atoms with E-state index in [9.17, 15) is 5.11 Å². The van der Waals surface area contributed by atoms with Gasteiger partial charge in [0, 0.05) is 18.4 Å². The highest BCUT2D eigenvalue weighted by atomic mass is 16.5. The van der Waals surface area contributed by atoms with Crippen molar-refractivity contribution >= 4 is 0 Å². The minimum absolute atomic E-state index is 0.0166. The first-order valence-electron chi connectivity index (χ1n) is 13.3. The number of hydrogen-bond donors (Lipinski definition) is 1. The monoisotopic (exact) mass is 474 g/mol. The molecule has 0 saturated carbocycles. The molecule has 0 radical (unpaired) electrons. The molecule has 0 bridgehead atoms. The van der Waals surface area contributed by atoms with Gasteiger partial charge in [0.25, 0.3) is 0 Å². The maximum Gasteiger partial charge on any atom is 0.123 e. The summed E-state index contributed by atoms with van der Waals surface area (Å²) in [7, 11) is 0. The number of aromatic hydroxyl groups is 1. The van der Waals surface area contributed by atoms with Gasteiger partial charge in [-0.1, -0.05) is 64.1 Å². The van der Waals surface area contributed by atoms with Gasteiger partial charge in [0.2, 0.25) is 0 Å². The van der Waals surface area contributed by atoms with E-state index in [-0.39, 0.29) is 12.2 Å². The van der Waals surface area contributed by atoms with Crippen LogP contribution in [0.25, 0.3) is 0 Å². The Labute approximate surface area is 212 Å². The third kappa shape index (κ3) is 6.60. The molecule has 188 valence electrons. The van der Waals surface area contributed by atoms with Gasteiger partial charge in [0.05, 0.1) is 6.10 Å². The van der Waals surface area contributed by atoms with E-state index in [1.807, 2.05) is 6.07 Å². The van der Waals surface area contributed by atoms with E-state index in [0.717, 1.165) is 54.7 Å². The molecule has 2 unspecified atom stereocenters. The summed E-state index contributed by atoms with van der Waals surface area (Å²) >= 11 is 0. The molecule has 3 rings (SSSR count). The number of ether oxygens (including phenoxy) is 2. The summed E-state index contributed by atoms with van der Waals surface area (Å²) in [5, 5.41) is 10.7. The highest BCUT2D eigenvalue weighted by Crippen LogP contribution is 2.30. The van der Waals surface area contributed by atoms with Crippen molar-refractivity contribution in [1.29, 1.82) is 0 Å². The van der Waals surface area contributed by atoms with Crippen molar-refractivity contribution < 1.29 is 14.6 Å². The Morgan fingerprint density at radius 3 is 1.51 bits per heavy atom. The molecule has 0 aromatic heterocycles. The fraction of sp³-hybridized carbons (Fsp3) is 0.438. The summed E-state index contributed by atoms with van der Waals surface area (Å²) in [5.74, 6) is 2.25. The molecule has 0 spiro atoms. The molecule has 3 aromatic carbocycles. The van der Waals surface area contributed by atoms with Crippen molar-refractivity contribution in [2.45, 2.75) is 92.3 Å². The highest BCUT2D eigenvalue weighted by Gasteiger charge is 2.18.